The second kappa shape index (κ2) is 4.38. The van der Waals surface area contributed by atoms with Crippen LogP contribution in [0.25, 0.3) is 0 Å². The maximum Gasteiger partial charge on any atom is 0.340 e. The minimum absolute atomic E-state index is 0.356. The van der Waals surface area contributed by atoms with E-state index in [0.29, 0.717) is 17.1 Å². The molecule has 3 N–H and O–H groups in total. The van der Waals surface area contributed by atoms with Crippen LogP contribution in [0.4, 0.5) is 11.5 Å². The molecule has 1 fully saturated rings. The van der Waals surface area contributed by atoms with Gasteiger partial charge in [0.15, 0.2) is 0 Å². The van der Waals surface area contributed by atoms with Gasteiger partial charge in [0.2, 0.25) is 0 Å². The van der Waals surface area contributed by atoms with Crippen molar-refractivity contribution >= 4 is 17.5 Å². The third-order valence-electron chi connectivity index (χ3n) is 2.65. The van der Waals surface area contributed by atoms with Crippen molar-refractivity contribution in [3.05, 3.63) is 17.8 Å². The summed E-state index contributed by atoms with van der Waals surface area (Å²) in [5.74, 6) is 0.854. The van der Waals surface area contributed by atoms with Gasteiger partial charge in [-0.1, -0.05) is 0 Å². The largest absolute Gasteiger partial charge is 0.465 e. The Balaban J connectivity index is 2.14. The van der Waals surface area contributed by atoms with Crippen molar-refractivity contribution < 1.29 is 9.53 Å². The molecule has 0 aliphatic heterocycles. The Bertz CT molecular complexity index is 402. The molecule has 1 aliphatic carbocycles. The molecule has 0 radical (unpaired) electrons. The van der Waals surface area contributed by atoms with E-state index in [-0.39, 0.29) is 0 Å². The quantitative estimate of drug-likeness (QED) is 0.749. The van der Waals surface area contributed by atoms with Gasteiger partial charge in [0.1, 0.15) is 5.82 Å². The molecule has 0 saturated heterocycles. The van der Waals surface area contributed by atoms with Gasteiger partial charge in [0, 0.05) is 12.7 Å². The Morgan fingerprint density at radius 3 is 3.06 bits per heavy atom. The normalized spacial score (nSPS) is 14.6. The average Bonchev–Trinajstić information content (AvgIpc) is 3.10. The summed E-state index contributed by atoms with van der Waals surface area (Å²) in [4.78, 5) is 15.5. The number of carbonyl (C=O) groups is 1. The molecule has 0 aromatic carbocycles. The number of aromatic nitrogens is 1. The summed E-state index contributed by atoms with van der Waals surface area (Å²) < 4.78 is 4.64. The van der Waals surface area contributed by atoms with Crippen LogP contribution in [0.1, 0.15) is 23.2 Å². The van der Waals surface area contributed by atoms with Gasteiger partial charge < -0.3 is 15.8 Å². The summed E-state index contributed by atoms with van der Waals surface area (Å²) in [5.41, 5.74) is 6.55. The van der Waals surface area contributed by atoms with Crippen LogP contribution in [-0.4, -0.2) is 24.6 Å². The van der Waals surface area contributed by atoms with Crippen molar-refractivity contribution in [2.45, 2.75) is 12.8 Å². The van der Waals surface area contributed by atoms with Gasteiger partial charge in [-0.2, -0.15) is 0 Å². The Morgan fingerprint density at radius 1 is 1.69 bits per heavy atom. The monoisotopic (exact) mass is 221 g/mol. The van der Waals surface area contributed by atoms with Crippen molar-refractivity contribution in [1.82, 2.24) is 4.98 Å². The number of ether oxygens (including phenoxy) is 1. The van der Waals surface area contributed by atoms with E-state index in [1.54, 1.807) is 12.3 Å². The van der Waals surface area contributed by atoms with Crippen LogP contribution in [0, 0.1) is 5.92 Å². The predicted molar refractivity (Wildman–Crippen MR) is 61.2 cm³/mol. The van der Waals surface area contributed by atoms with E-state index in [4.69, 9.17) is 5.73 Å². The lowest BCUT2D eigenvalue weighted by Crippen LogP contribution is -2.12. The highest BCUT2D eigenvalue weighted by Gasteiger charge is 2.22. The van der Waals surface area contributed by atoms with E-state index < -0.39 is 5.97 Å². The molecule has 0 bridgehead atoms. The Labute approximate surface area is 94.0 Å². The smallest absolute Gasteiger partial charge is 0.340 e. The van der Waals surface area contributed by atoms with Crippen LogP contribution in [0.2, 0.25) is 0 Å². The molecule has 2 rings (SSSR count). The second-order valence-electron chi connectivity index (χ2n) is 3.94. The fourth-order valence-electron chi connectivity index (χ4n) is 1.47. The number of hydrogen-bond donors (Lipinski definition) is 2. The number of pyridine rings is 1. The molecule has 1 aromatic rings. The van der Waals surface area contributed by atoms with Crippen molar-refractivity contribution in [2.24, 2.45) is 5.92 Å². The van der Waals surface area contributed by atoms with Gasteiger partial charge in [0.05, 0.1) is 18.4 Å². The van der Waals surface area contributed by atoms with Crippen molar-refractivity contribution in [2.75, 3.05) is 24.7 Å². The minimum atomic E-state index is -0.436. The van der Waals surface area contributed by atoms with Gasteiger partial charge in [0.25, 0.3) is 0 Å². The summed E-state index contributed by atoms with van der Waals surface area (Å²) in [6.07, 6.45) is 4.06. The minimum Gasteiger partial charge on any atom is -0.465 e. The number of hydrogen-bond acceptors (Lipinski definition) is 5. The fourth-order valence-corrected chi connectivity index (χ4v) is 1.47. The number of nitrogens with two attached hydrogens (primary N) is 1. The molecule has 1 heterocycles. The molecule has 5 nitrogen and oxygen atoms in total. The first-order chi connectivity index (χ1) is 7.72. The van der Waals surface area contributed by atoms with Gasteiger partial charge in [-0.3, -0.25) is 0 Å². The van der Waals surface area contributed by atoms with Crippen molar-refractivity contribution in [3.63, 3.8) is 0 Å². The van der Waals surface area contributed by atoms with Gasteiger partial charge in [-0.25, -0.2) is 9.78 Å². The zero-order valence-electron chi connectivity index (χ0n) is 9.19. The molecule has 5 heteroatoms. The van der Waals surface area contributed by atoms with Crippen LogP contribution in [-0.2, 0) is 4.74 Å². The molecule has 16 heavy (non-hydrogen) atoms. The molecule has 1 saturated carbocycles. The number of carbonyl (C=O) groups excluding carboxylic acids is 1. The van der Waals surface area contributed by atoms with Crippen LogP contribution in [0.5, 0.6) is 0 Å². The Morgan fingerprint density at radius 2 is 2.44 bits per heavy atom. The molecular weight excluding hydrogens is 206 g/mol. The van der Waals surface area contributed by atoms with E-state index in [2.05, 4.69) is 15.0 Å². The van der Waals surface area contributed by atoms with Gasteiger partial charge >= 0.3 is 5.97 Å². The highest BCUT2D eigenvalue weighted by atomic mass is 16.5. The number of rotatable bonds is 4. The van der Waals surface area contributed by atoms with Crippen molar-refractivity contribution in [3.8, 4) is 0 Å². The average molecular weight is 221 g/mol. The number of nitrogen functional groups attached to an aromatic ring is 1. The molecule has 86 valence electrons. The first-order valence-corrected chi connectivity index (χ1v) is 5.29. The maximum absolute atomic E-state index is 11.4. The molecular formula is C11H15N3O2. The summed E-state index contributed by atoms with van der Waals surface area (Å²) in [6.45, 7) is 0.863. The van der Waals surface area contributed by atoms with E-state index >= 15 is 0 Å². The van der Waals surface area contributed by atoms with E-state index in [1.165, 1.54) is 20.0 Å². The Kier molecular flexibility index (Phi) is 2.94. The first-order valence-electron chi connectivity index (χ1n) is 5.29. The lowest BCUT2D eigenvalue weighted by atomic mass is 10.2. The highest BCUT2D eigenvalue weighted by molar-refractivity contribution is 5.97. The SMILES string of the molecule is COC(=O)c1ccnc(NCC2CC2)c1N. The number of methoxy groups -OCH3 is 1. The summed E-state index contributed by atoms with van der Waals surface area (Å²) in [7, 11) is 1.33. The summed E-state index contributed by atoms with van der Waals surface area (Å²) in [6, 6.07) is 1.56. The lowest BCUT2D eigenvalue weighted by Gasteiger charge is -2.10. The van der Waals surface area contributed by atoms with E-state index in [1.807, 2.05) is 0 Å². The fraction of sp³-hybridized carbons (Fsp3) is 0.455. The summed E-state index contributed by atoms with van der Waals surface area (Å²) >= 11 is 0. The lowest BCUT2D eigenvalue weighted by molar-refractivity contribution is 0.0602. The molecule has 0 spiro atoms. The topological polar surface area (TPSA) is 77.2 Å². The van der Waals surface area contributed by atoms with Gasteiger partial charge in [-0.05, 0) is 24.8 Å². The first kappa shape index (κ1) is 10.7. The molecule has 0 unspecified atom stereocenters. The van der Waals surface area contributed by atoms with E-state index in [0.717, 1.165) is 12.5 Å². The second-order valence-corrected chi connectivity index (χ2v) is 3.94. The Hall–Kier alpha value is -1.78. The predicted octanol–water partition coefficient (Wildman–Crippen LogP) is 1.27. The van der Waals surface area contributed by atoms with Crippen LogP contribution in [0.3, 0.4) is 0 Å². The van der Waals surface area contributed by atoms with Crippen LogP contribution >= 0.6 is 0 Å². The molecule has 0 atom stereocenters. The molecule has 1 aliphatic rings. The van der Waals surface area contributed by atoms with Gasteiger partial charge in [-0.15, -0.1) is 0 Å². The number of nitrogens with one attached hydrogen (secondary N) is 1. The number of nitrogens with zero attached hydrogens (tertiary/aromatic N) is 1. The zero-order chi connectivity index (χ0) is 11.5. The zero-order valence-corrected chi connectivity index (χ0v) is 9.19. The maximum atomic E-state index is 11.4. The van der Waals surface area contributed by atoms with Crippen molar-refractivity contribution in [1.29, 1.82) is 0 Å². The third-order valence-corrected chi connectivity index (χ3v) is 2.65. The number of anilines is 2. The van der Waals surface area contributed by atoms with Crippen LogP contribution in [0.15, 0.2) is 12.3 Å². The molecule has 1 aromatic heterocycles. The van der Waals surface area contributed by atoms with Crippen LogP contribution < -0.4 is 11.1 Å². The van der Waals surface area contributed by atoms with E-state index in [9.17, 15) is 4.79 Å². The summed E-state index contributed by atoms with van der Waals surface area (Å²) in [5, 5.41) is 3.15. The molecule has 0 amide bonds. The standard InChI is InChI=1S/C11H15N3O2/c1-16-11(15)8-4-5-13-10(9(8)12)14-6-7-2-3-7/h4-5,7H,2-3,6,12H2,1H3,(H,13,14). The third kappa shape index (κ3) is 2.24. The highest BCUT2D eigenvalue weighted by Crippen LogP contribution is 2.29. The number of esters is 1.